The first kappa shape index (κ1) is 21.2. The molecule has 2 N–H and O–H groups in total. The predicted octanol–water partition coefficient (Wildman–Crippen LogP) is -0.126. The number of hydrogen-bond acceptors (Lipinski definition) is 5. The molecule has 1 aromatic rings. The molecule has 148 valence electrons. The zero-order valence-electron chi connectivity index (χ0n) is 16.3. The van der Waals surface area contributed by atoms with Gasteiger partial charge in [0.1, 0.15) is 5.25 Å². The molecule has 0 bridgehead atoms. The van der Waals surface area contributed by atoms with Crippen molar-refractivity contribution in [2.75, 3.05) is 51.4 Å². The van der Waals surface area contributed by atoms with Crippen LogP contribution in [0, 0.1) is 13.8 Å². The van der Waals surface area contributed by atoms with Gasteiger partial charge < -0.3 is 19.9 Å². The van der Waals surface area contributed by atoms with Crippen molar-refractivity contribution >= 4 is 35.2 Å². The minimum absolute atomic E-state index is 0.0544. The molecule has 1 saturated heterocycles. The number of thioether (sulfide) groups is 1. The smallest absolute Gasteiger partial charge is 0.320 e. The van der Waals surface area contributed by atoms with Gasteiger partial charge in [0.2, 0.25) is 0 Å². The normalized spacial score (nSPS) is 17.9. The number of nitrogens with one attached hydrogen (secondary N) is 2. The van der Waals surface area contributed by atoms with Crippen molar-refractivity contribution in [1.29, 1.82) is 0 Å². The Kier molecular flexibility index (Phi) is 7.67. The van der Waals surface area contributed by atoms with Gasteiger partial charge in [0.25, 0.3) is 11.8 Å². The van der Waals surface area contributed by atoms with Crippen molar-refractivity contribution in [1.82, 2.24) is 4.90 Å². The molecule has 0 radical (unpaired) electrons. The number of hydrogen-bond donors (Lipinski definition) is 2. The number of carbonyl (C=O) groups is 3. The maximum Gasteiger partial charge on any atom is 0.320 e. The highest BCUT2D eigenvalue weighted by atomic mass is 32.2. The van der Waals surface area contributed by atoms with Gasteiger partial charge in [0.15, 0.2) is 13.1 Å². The second-order valence-electron chi connectivity index (χ2n) is 6.83. The molecule has 27 heavy (non-hydrogen) atoms. The minimum Gasteiger partial charge on any atom is -0.468 e. The van der Waals surface area contributed by atoms with Crippen LogP contribution in [0.1, 0.15) is 11.1 Å². The van der Waals surface area contributed by atoms with Gasteiger partial charge in [-0.1, -0.05) is 12.1 Å². The van der Waals surface area contributed by atoms with E-state index in [1.807, 2.05) is 39.1 Å². The molecule has 0 aliphatic carbocycles. The third-order valence-corrected chi connectivity index (χ3v) is 5.84. The van der Waals surface area contributed by atoms with Crippen molar-refractivity contribution in [2.45, 2.75) is 19.1 Å². The van der Waals surface area contributed by atoms with Crippen molar-refractivity contribution in [3.05, 3.63) is 29.3 Å². The van der Waals surface area contributed by atoms with Gasteiger partial charge >= 0.3 is 5.97 Å². The topological polar surface area (TPSA) is 80.2 Å². The van der Waals surface area contributed by atoms with E-state index in [-0.39, 0.29) is 36.1 Å². The predicted molar refractivity (Wildman–Crippen MR) is 106 cm³/mol. The highest BCUT2D eigenvalue weighted by Crippen LogP contribution is 2.19. The number of amides is 2. The van der Waals surface area contributed by atoms with Crippen LogP contribution in [0.15, 0.2) is 18.2 Å². The Morgan fingerprint density at radius 2 is 2.04 bits per heavy atom. The number of ether oxygens (including phenoxy) is 1. The number of nitrogens with zero attached hydrogens (tertiary/aromatic N) is 1. The zero-order valence-corrected chi connectivity index (χ0v) is 17.1. The summed E-state index contributed by atoms with van der Waals surface area (Å²) in [4.78, 5) is 39.0. The van der Waals surface area contributed by atoms with Crippen LogP contribution < -0.4 is 10.2 Å². The summed E-state index contributed by atoms with van der Waals surface area (Å²) in [5.74, 6) is 0.223. The van der Waals surface area contributed by atoms with Gasteiger partial charge in [-0.25, -0.2) is 0 Å². The molecular weight excluding hydrogens is 366 g/mol. The van der Waals surface area contributed by atoms with Gasteiger partial charge in [-0.15, -0.1) is 11.8 Å². The molecule has 8 heteroatoms. The summed E-state index contributed by atoms with van der Waals surface area (Å²) < 4.78 is 4.77. The van der Waals surface area contributed by atoms with Crippen LogP contribution in [0.4, 0.5) is 5.69 Å². The average Bonchev–Trinajstić information content (AvgIpc) is 2.64. The van der Waals surface area contributed by atoms with Crippen LogP contribution in [-0.4, -0.2) is 74.0 Å². The summed E-state index contributed by atoms with van der Waals surface area (Å²) in [6.45, 7) is 5.34. The number of aryl methyl sites for hydroxylation is 1. The molecule has 1 heterocycles. The number of esters is 1. The molecule has 1 aliphatic heterocycles. The Hall–Kier alpha value is -2.06. The SMILES string of the molecule is COC(=O)[C@H]1CN(C(=O)C[NH+](C)CC(=O)Nc2cccc(C)c2C)CCS1. The number of methoxy groups -OCH3 is 1. The molecule has 0 saturated carbocycles. The van der Waals surface area contributed by atoms with Crippen LogP contribution >= 0.6 is 11.8 Å². The summed E-state index contributed by atoms with van der Waals surface area (Å²) in [6, 6.07) is 5.78. The Morgan fingerprint density at radius 1 is 1.30 bits per heavy atom. The summed E-state index contributed by atoms with van der Waals surface area (Å²) in [5.41, 5.74) is 2.96. The van der Waals surface area contributed by atoms with E-state index < -0.39 is 0 Å². The number of likely N-dealkylation sites (N-methyl/N-ethyl adjacent to an activating group) is 1. The van der Waals surface area contributed by atoms with Crippen LogP contribution in [0.25, 0.3) is 0 Å². The third kappa shape index (κ3) is 5.97. The van der Waals surface area contributed by atoms with Crippen LogP contribution in [0.3, 0.4) is 0 Å². The molecule has 2 amide bonds. The maximum absolute atomic E-state index is 12.5. The van der Waals surface area contributed by atoms with E-state index in [4.69, 9.17) is 4.74 Å². The number of carbonyl (C=O) groups excluding carboxylic acids is 3. The van der Waals surface area contributed by atoms with Crippen molar-refractivity contribution in [3.63, 3.8) is 0 Å². The first-order chi connectivity index (χ1) is 12.8. The monoisotopic (exact) mass is 394 g/mol. The van der Waals surface area contributed by atoms with Crippen LogP contribution in [-0.2, 0) is 19.1 Å². The van der Waals surface area contributed by atoms with Crippen LogP contribution in [0.5, 0.6) is 0 Å². The molecule has 2 atom stereocenters. The number of benzene rings is 1. The lowest BCUT2D eigenvalue weighted by atomic mass is 10.1. The maximum atomic E-state index is 12.5. The number of rotatable bonds is 6. The summed E-state index contributed by atoms with van der Waals surface area (Å²) >= 11 is 1.51. The van der Waals surface area contributed by atoms with Crippen molar-refractivity contribution in [3.8, 4) is 0 Å². The lowest BCUT2D eigenvalue weighted by molar-refractivity contribution is -0.862. The lowest BCUT2D eigenvalue weighted by Gasteiger charge is -2.31. The largest absolute Gasteiger partial charge is 0.468 e. The fourth-order valence-electron chi connectivity index (χ4n) is 2.94. The molecule has 7 nitrogen and oxygen atoms in total. The highest BCUT2D eigenvalue weighted by Gasteiger charge is 2.30. The van der Waals surface area contributed by atoms with Gasteiger partial charge in [-0.3, -0.25) is 14.4 Å². The Balaban J connectivity index is 1.84. The zero-order chi connectivity index (χ0) is 20.0. The number of quaternary nitrogens is 1. The van der Waals surface area contributed by atoms with E-state index in [1.54, 1.807) is 4.90 Å². The van der Waals surface area contributed by atoms with Gasteiger partial charge in [0, 0.05) is 24.5 Å². The molecule has 1 aromatic carbocycles. The van der Waals surface area contributed by atoms with Crippen LogP contribution in [0.2, 0.25) is 0 Å². The number of anilines is 1. The second-order valence-corrected chi connectivity index (χ2v) is 8.14. The second kappa shape index (κ2) is 9.75. The molecule has 2 rings (SSSR count). The standard InChI is InChI=1S/C19H27N3O4S/c1-13-6-5-7-15(14(13)2)20-17(23)11-21(3)12-18(24)22-8-9-27-16(10-22)19(25)26-4/h5-7,16H,8-12H2,1-4H3,(H,20,23)/p+1/t16-/m1/s1. The molecule has 0 aromatic heterocycles. The van der Waals surface area contributed by atoms with E-state index in [0.29, 0.717) is 18.8 Å². The van der Waals surface area contributed by atoms with Gasteiger partial charge in [-0.2, -0.15) is 0 Å². The van der Waals surface area contributed by atoms with E-state index in [9.17, 15) is 14.4 Å². The van der Waals surface area contributed by atoms with Gasteiger partial charge in [0.05, 0.1) is 14.2 Å². The first-order valence-electron chi connectivity index (χ1n) is 8.96. The van der Waals surface area contributed by atoms with E-state index >= 15 is 0 Å². The van der Waals surface area contributed by atoms with Gasteiger partial charge in [-0.05, 0) is 31.0 Å². The average molecular weight is 395 g/mol. The summed E-state index contributed by atoms with van der Waals surface area (Å²) in [7, 11) is 3.17. The van der Waals surface area contributed by atoms with Crippen molar-refractivity contribution < 1.29 is 24.0 Å². The van der Waals surface area contributed by atoms with E-state index in [0.717, 1.165) is 21.7 Å². The molecule has 1 unspecified atom stereocenters. The quantitative estimate of drug-likeness (QED) is 0.658. The Labute approximate surface area is 164 Å². The fourth-order valence-corrected chi connectivity index (χ4v) is 4.07. The highest BCUT2D eigenvalue weighted by molar-refractivity contribution is 8.00. The Bertz CT molecular complexity index is 710. The molecule has 1 fully saturated rings. The van der Waals surface area contributed by atoms with E-state index in [2.05, 4.69) is 5.32 Å². The molecule has 1 aliphatic rings. The summed E-state index contributed by atoms with van der Waals surface area (Å²) in [6.07, 6.45) is 0. The fraction of sp³-hybridized carbons (Fsp3) is 0.526. The molecule has 0 spiro atoms. The molecular formula is C19H28N3O4S+. The van der Waals surface area contributed by atoms with E-state index in [1.165, 1.54) is 18.9 Å². The first-order valence-corrected chi connectivity index (χ1v) is 10.0. The Morgan fingerprint density at radius 3 is 2.74 bits per heavy atom. The third-order valence-electron chi connectivity index (χ3n) is 4.68. The minimum atomic E-state index is -0.333. The van der Waals surface area contributed by atoms with Crippen molar-refractivity contribution in [2.24, 2.45) is 0 Å². The summed E-state index contributed by atoms with van der Waals surface area (Å²) in [5, 5.41) is 2.58. The lowest BCUT2D eigenvalue weighted by Crippen LogP contribution is -3.11.